The first-order chi connectivity index (χ1) is 15.3. The molecular formula is C23H28N2O7. The molecule has 0 fully saturated rings. The van der Waals surface area contributed by atoms with Gasteiger partial charge in [0.05, 0.1) is 20.1 Å². The highest BCUT2D eigenvalue weighted by Gasteiger charge is 2.26. The van der Waals surface area contributed by atoms with E-state index in [1.165, 1.54) is 33.4 Å². The van der Waals surface area contributed by atoms with Crippen LogP contribution in [0.15, 0.2) is 42.6 Å². The highest BCUT2D eigenvalue weighted by molar-refractivity contribution is 5.98. The number of carbonyl (C=O) groups is 3. The minimum Gasteiger partial charge on any atom is -0.493 e. The monoisotopic (exact) mass is 444 g/mol. The Morgan fingerprint density at radius 3 is 2.44 bits per heavy atom. The second-order valence-corrected chi connectivity index (χ2v) is 7.04. The van der Waals surface area contributed by atoms with E-state index in [0.717, 1.165) is 5.56 Å². The quantitative estimate of drug-likeness (QED) is 0.526. The minimum atomic E-state index is -0.953. The van der Waals surface area contributed by atoms with Crippen molar-refractivity contribution < 1.29 is 33.3 Å². The maximum absolute atomic E-state index is 12.8. The molecule has 1 N–H and O–H groups in total. The summed E-state index contributed by atoms with van der Waals surface area (Å²) in [6.07, 6.45) is 1.49. The van der Waals surface area contributed by atoms with Gasteiger partial charge in [-0.15, -0.1) is 0 Å². The van der Waals surface area contributed by atoms with Crippen LogP contribution in [0.25, 0.3) is 0 Å². The Kier molecular flexibility index (Phi) is 9.62. The summed E-state index contributed by atoms with van der Waals surface area (Å²) in [6, 6.07) is 10.1. The van der Waals surface area contributed by atoms with E-state index in [-0.39, 0.29) is 36.3 Å². The van der Waals surface area contributed by atoms with E-state index in [4.69, 9.17) is 18.9 Å². The molecule has 1 heterocycles. The predicted molar refractivity (Wildman–Crippen MR) is 116 cm³/mol. The molecule has 2 atom stereocenters. The topological polar surface area (TPSA) is 113 Å². The van der Waals surface area contributed by atoms with Gasteiger partial charge in [-0.3, -0.25) is 9.59 Å². The van der Waals surface area contributed by atoms with Crippen molar-refractivity contribution in [3.63, 3.8) is 0 Å². The highest BCUT2D eigenvalue weighted by Crippen LogP contribution is 2.30. The SMILES string of the molecule is COCCC(=O)Oc1c(OC)ccnc1C(=O)N[C@@H](C)C(=O)O[C@@H](C)Cc1ccccc1. The van der Waals surface area contributed by atoms with Gasteiger partial charge in [-0.05, 0) is 19.4 Å². The first kappa shape index (κ1) is 24.8. The van der Waals surface area contributed by atoms with Crippen LogP contribution < -0.4 is 14.8 Å². The van der Waals surface area contributed by atoms with Crippen LogP contribution in [0, 0.1) is 0 Å². The van der Waals surface area contributed by atoms with Gasteiger partial charge in [0.2, 0.25) is 5.75 Å². The summed E-state index contributed by atoms with van der Waals surface area (Å²) >= 11 is 0. The van der Waals surface area contributed by atoms with Crippen LogP contribution in [-0.2, 0) is 25.5 Å². The first-order valence-corrected chi connectivity index (χ1v) is 10.1. The molecule has 172 valence electrons. The summed E-state index contributed by atoms with van der Waals surface area (Å²) in [5, 5.41) is 2.53. The number of methoxy groups -OCH3 is 2. The zero-order chi connectivity index (χ0) is 23.5. The summed E-state index contributed by atoms with van der Waals surface area (Å²) in [7, 11) is 2.83. The highest BCUT2D eigenvalue weighted by atomic mass is 16.6. The summed E-state index contributed by atoms with van der Waals surface area (Å²) in [5.41, 5.74) is 0.845. The molecule has 9 heteroatoms. The fourth-order valence-electron chi connectivity index (χ4n) is 2.81. The Morgan fingerprint density at radius 2 is 1.78 bits per heavy atom. The fraction of sp³-hybridized carbons (Fsp3) is 0.391. The number of pyridine rings is 1. The average Bonchev–Trinajstić information content (AvgIpc) is 2.78. The van der Waals surface area contributed by atoms with Crippen molar-refractivity contribution in [2.75, 3.05) is 20.8 Å². The van der Waals surface area contributed by atoms with E-state index in [0.29, 0.717) is 6.42 Å². The van der Waals surface area contributed by atoms with Crippen LogP contribution in [0.3, 0.4) is 0 Å². The number of aromatic nitrogens is 1. The zero-order valence-corrected chi connectivity index (χ0v) is 18.6. The Hall–Kier alpha value is -3.46. The molecule has 0 saturated heterocycles. The van der Waals surface area contributed by atoms with Crippen LogP contribution in [0.2, 0.25) is 0 Å². The molecule has 0 unspecified atom stereocenters. The van der Waals surface area contributed by atoms with Crippen molar-refractivity contribution in [2.24, 2.45) is 0 Å². The molecular weight excluding hydrogens is 416 g/mol. The van der Waals surface area contributed by atoms with E-state index in [9.17, 15) is 14.4 Å². The molecule has 9 nitrogen and oxygen atoms in total. The van der Waals surface area contributed by atoms with Gasteiger partial charge in [-0.2, -0.15) is 0 Å². The van der Waals surface area contributed by atoms with Gasteiger partial charge in [0, 0.05) is 25.8 Å². The van der Waals surface area contributed by atoms with Crippen LogP contribution in [0.4, 0.5) is 0 Å². The molecule has 32 heavy (non-hydrogen) atoms. The number of amides is 1. The number of carbonyl (C=O) groups excluding carboxylic acids is 3. The molecule has 1 amide bonds. The number of rotatable bonds is 11. The Labute approximate surface area is 187 Å². The number of benzene rings is 1. The van der Waals surface area contributed by atoms with Crippen molar-refractivity contribution in [1.29, 1.82) is 0 Å². The second-order valence-electron chi connectivity index (χ2n) is 7.04. The molecule has 2 aromatic rings. The largest absolute Gasteiger partial charge is 0.493 e. The lowest BCUT2D eigenvalue weighted by atomic mass is 10.1. The third-order valence-electron chi connectivity index (χ3n) is 4.41. The zero-order valence-electron chi connectivity index (χ0n) is 18.6. The lowest BCUT2D eigenvalue weighted by Gasteiger charge is -2.18. The summed E-state index contributed by atoms with van der Waals surface area (Å²) in [5.74, 6) is -1.90. The molecule has 0 aliphatic rings. The van der Waals surface area contributed by atoms with Crippen LogP contribution >= 0.6 is 0 Å². The van der Waals surface area contributed by atoms with E-state index in [2.05, 4.69) is 10.3 Å². The Morgan fingerprint density at radius 1 is 1.06 bits per heavy atom. The number of hydrogen-bond acceptors (Lipinski definition) is 8. The van der Waals surface area contributed by atoms with Gasteiger partial charge in [0.1, 0.15) is 12.1 Å². The van der Waals surface area contributed by atoms with E-state index in [1.54, 1.807) is 6.92 Å². The maximum Gasteiger partial charge on any atom is 0.328 e. The number of hydrogen-bond donors (Lipinski definition) is 1. The molecule has 0 spiro atoms. The first-order valence-electron chi connectivity index (χ1n) is 10.1. The standard InChI is InChI=1S/C23H28N2O7/c1-15(14-17-8-6-5-7-9-17)31-23(28)16(2)25-22(27)20-21(18(30-4)10-12-24-20)32-19(26)11-13-29-3/h5-10,12,15-16H,11,13-14H2,1-4H3,(H,25,27)/t15-,16-/m0/s1. The predicted octanol–water partition coefficient (Wildman–Crippen LogP) is 2.32. The lowest BCUT2D eigenvalue weighted by molar-refractivity contribution is -0.150. The third-order valence-corrected chi connectivity index (χ3v) is 4.41. The molecule has 0 radical (unpaired) electrons. The summed E-state index contributed by atoms with van der Waals surface area (Å²) < 4.78 is 20.8. The fourth-order valence-corrected chi connectivity index (χ4v) is 2.81. The molecule has 2 rings (SSSR count). The van der Waals surface area contributed by atoms with Gasteiger partial charge in [-0.1, -0.05) is 30.3 Å². The van der Waals surface area contributed by atoms with Gasteiger partial charge in [0.15, 0.2) is 11.4 Å². The number of ether oxygens (including phenoxy) is 4. The molecule has 1 aromatic heterocycles. The second kappa shape index (κ2) is 12.4. The molecule has 1 aromatic carbocycles. The van der Waals surface area contributed by atoms with Gasteiger partial charge in [0.25, 0.3) is 5.91 Å². The number of esters is 2. The van der Waals surface area contributed by atoms with Crippen molar-refractivity contribution in [3.05, 3.63) is 53.9 Å². The number of nitrogens with zero attached hydrogens (tertiary/aromatic N) is 1. The Balaban J connectivity index is 2.04. The smallest absolute Gasteiger partial charge is 0.328 e. The average molecular weight is 444 g/mol. The number of nitrogens with one attached hydrogen (secondary N) is 1. The van der Waals surface area contributed by atoms with Crippen LogP contribution in [0.1, 0.15) is 36.3 Å². The maximum atomic E-state index is 12.8. The van der Waals surface area contributed by atoms with Crippen molar-refractivity contribution in [3.8, 4) is 11.5 Å². The van der Waals surface area contributed by atoms with Gasteiger partial charge >= 0.3 is 11.9 Å². The molecule has 0 saturated carbocycles. The molecule has 0 bridgehead atoms. The lowest BCUT2D eigenvalue weighted by Crippen LogP contribution is -2.41. The van der Waals surface area contributed by atoms with Gasteiger partial charge < -0.3 is 24.3 Å². The van der Waals surface area contributed by atoms with Gasteiger partial charge in [-0.25, -0.2) is 9.78 Å². The van der Waals surface area contributed by atoms with Crippen LogP contribution in [0.5, 0.6) is 11.5 Å². The van der Waals surface area contributed by atoms with Crippen molar-refractivity contribution >= 4 is 17.8 Å². The van der Waals surface area contributed by atoms with Crippen molar-refractivity contribution in [2.45, 2.75) is 38.8 Å². The van der Waals surface area contributed by atoms with E-state index < -0.39 is 23.9 Å². The normalized spacial score (nSPS) is 12.4. The van der Waals surface area contributed by atoms with Crippen LogP contribution in [-0.4, -0.2) is 55.8 Å². The van der Waals surface area contributed by atoms with E-state index >= 15 is 0 Å². The molecule has 0 aliphatic heterocycles. The summed E-state index contributed by atoms with van der Waals surface area (Å²) in [6.45, 7) is 3.44. The van der Waals surface area contributed by atoms with Crippen molar-refractivity contribution in [1.82, 2.24) is 10.3 Å². The van der Waals surface area contributed by atoms with E-state index in [1.807, 2.05) is 30.3 Å². The summed E-state index contributed by atoms with van der Waals surface area (Å²) in [4.78, 5) is 41.2. The Bertz CT molecular complexity index is 918. The minimum absolute atomic E-state index is 0.0162. The third kappa shape index (κ3) is 7.35. The molecule has 0 aliphatic carbocycles.